The number of rotatable bonds is 6. The highest BCUT2D eigenvalue weighted by Crippen LogP contribution is 2.31. The Labute approximate surface area is 183 Å². The van der Waals surface area contributed by atoms with Gasteiger partial charge in [0.05, 0.1) is 11.4 Å². The van der Waals surface area contributed by atoms with E-state index in [9.17, 15) is 19.2 Å². The Balaban J connectivity index is 1.74. The Bertz CT molecular complexity index is 822. The van der Waals surface area contributed by atoms with E-state index in [1.54, 1.807) is 38.4 Å². The lowest BCUT2D eigenvalue weighted by Crippen LogP contribution is -2.59. The molecule has 1 heterocycles. The molecule has 0 unspecified atom stereocenters. The first-order valence-electron chi connectivity index (χ1n) is 10.9. The van der Waals surface area contributed by atoms with Crippen LogP contribution in [0.5, 0.6) is 0 Å². The highest BCUT2D eigenvalue weighted by Gasteiger charge is 2.40. The van der Waals surface area contributed by atoms with E-state index >= 15 is 0 Å². The summed E-state index contributed by atoms with van der Waals surface area (Å²) in [6.45, 7) is 3.65. The van der Waals surface area contributed by atoms with Crippen LogP contribution in [0.3, 0.4) is 0 Å². The molecule has 8 heteroatoms. The van der Waals surface area contributed by atoms with Crippen molar-refractivity contribution in [2.45, 2.75) is 58.0 Å². The van der Waals surface area contributed by atoms with Crippen LogP contribution in [-0.2, 0) is 19.2 Å². The lowest BCUT2D eigenvalue weighted by Gasteiger charge is -2.26. The molecule has 168 valence electrons. The van der Waals surface area contributed by atoms with Gasteiger partial charge in [-0.3, -0.25) is 19.2 Å². The molecular weight excluding hydrogens is 396 g/mol. The quantitative estimate of drug-likeness (QED) is 0.676. The van der Waals surface area contributed by atoms with Crippen molar-refractivity contribution in [3.05, 3.63) is 24.3 Å². The van der Waals surface area contributed by atoms with E-state index in [4.69, 9.17) is 0 Å². The van der Waals surface area contributed by atoms with Gasteiger partial charge in [0.2, 0.25) is 11.8 Å². The van der Waals surface area contributed by atoms with Gasteiger partial charge < -0.3 is 20.4 Å². The molecule has 0 radical (unpaired) electrons. The van der Waals surface area contributed by atoms with Gasteiger partial charge in [-0.1, -0.05) is 38.8 Å². The van der Waals surface area contributed by atoms with Crippen LogP contribution >= 0.6 is 0 Å². The summed E-state index contributed by atoms with van der Waals surface area (Å²) in [5.74, 6) is -1.57. The second-order valence-electron chi connectivity index (χ2n) is 8.87. The number of hydrogen-bond acceptors (Lipinski definition) is 4. The Hall–Kier alpha value is -2.90. The zero-order valence-electron chi connectivity index (χ0n) is 18.7. The van der Waals surface area contributed by atoms with Crippen molar-refractivity contribution in [3.8, 4) is 0 Å². The first-order chi connectivity index (χ1) is 14.7. The first kappa shape index (κ1) is 22.8. The summed E-state index contributed by atoms with van der Waals surface area (Å²) >= 11 is 0. The molecule has 8 nitrogen and oxygen atoms in total. The highest BCUT2D eigenvalue weighted by atomic mass is 16.2. The van der Waals surface area contributed by atoms with Crippen LogP contribution in [0.4, 0.5) is 11.4 Å². The molecule has 1 saturated carbocycles. The third-order valence-corrected chi connectivity index (χ3v) is 6.26. The van der Waals surface area contributed by atoms with Crippen molar-refractivity contribution in [3.63, 3.8) is 0 Å². The number of amides is 4. The number of nitrogens with zero attached hydrogens (tertiary/aromatic N) is 2. The second-order valence-corrected chi connectivity index (χ2v) is 8.87. The average molecular weight is 429 g/mol. The molecule has 0 bridgehead atoms. The van der Waals surface area contributed by atoms with Crippen LogP contribution < -0.4 is 20.4 Å². The number of fused-ring (bicyclic) bond motifs is 1. The first-order valence-corrected chi connectivity index (χ1v) is 10.9. The lowest BCUT2D eigenvalue weighted by molar-refractivity contribution is -0.136. The van der Waals surface area contributed by atoms with E-state index in [0.717, 1.165) is 25.7 Å². The van der Waals surface area contributed by atoms with Gasteiger partial charge in [-0.25, -0.2) is 0 Å². The highest BCUT2D eigenvalue weighted by molar-refractivity contribution is 6.21. The zero-order chi connectivity index (χ0) is 22.7. The monoisotopic (exact) mass is 428 g/mol. The maximum atomic E-state index is 13.0. The molecule has 4 amide bonds. The largest absolute Gasteiger partial charge is 0.344 e. The minimum Gasteiger partial charge on any atom is -0.344 e. The minimum absolute atomic E-state index is 0.166. The summed E-state index contributed by atoms with van der Waals surface area (Å²) < 4.78 is 0. The van der Waals surface area contributed by atoms with Gasteiger partial charge in [0.15, 0.2) is 6.04 Å². The standard InChI is InChI=1S/C23H32N4O4/c1-14(2)19(24-18(28)13-15-9-5-6-10-15)21(29)25-20-22(30)26(3)16-11-7-8-12-17(16)27(4)23(20)31/h7-8,11-12,14-15,19-20H,5-6,9-10,13H2,1-4H3,(H,24,28)(H,25,29)/t19-/m0/s1. The van der Waals surface area contributed by atoms with Crippen LogP contribution in [0, 0.1) is 11.8 Å². The van der Waals surface area contributed by atoms with Crippen LogP contribution in [-0.4, -0.2) is 49.8 Å². The van der Waals surface area contributed by atoms with Gasteiger partial charge in [0.1, 0.15) is 6.04 Å². The molecule has 1 aliphatic carbocycles. The van der Waals surface area contributed by atoms with E-state index in [0.29, 0.717) is 23.7 Å². The third-order valence-electron chi connectivity index (χ3n) is 6.26. The van der Waals surface area contributed by atoms with Gasteiger partial charge in [-0.05, 0) is 36.8 Å². The van der Waals surface area contributed by atoms with Crippen LogP contribution in [0.1, 0.15) is 46.0 Å². The topological polar surface area (TPSA) is 98.8 Å². The predicted molar refractivity (Wildman–Crippen MR) is 119 cm³/mol. The normalized spacial score (nSPS) is 18.7. The summed E-state index contributed by atoms with van der Waals surface area (Å²) in [7, 11) is 3.16. The van der Waals surface area contributed by atoms with Crippen molar-refractivity contribution in [1.29, 1.82) is 0 Å². The molecule has 2 aliphatic rings. The Kier molecular flexibility index (Phi) is 6.97. The third kappa shape index (κ3) is 4.89. The van der Waals surface area contributed by atoms with E-state index < -0.39 is 29.8 Å². The maximum Gasteiger partial charge on any atom is 0.259 e. The molecule has 1 fully saturated rings. The number of benzene rings is 1. The molecule has 31 heavy (non-hydrogen) atoms. The molecule has 0 aromatic heterocycles. The molecule has 0 spiro atoms. The van der Waals surface area contributed by atoms with E-state index in [-0.39, 0.29) is 11.8 Å². The Morgan fingerprint density at radius 2 is 1.52 bits per heavy atom. The van der Waals surface area contributed by atoms with Crippen LogP contribution in [0.15, 0.2) is 24.3 Å². The van der Waals surface area contributed by atoms with Gasteiger partial charge >= 0.3 is 0 Å². The molecule has 1 aromatic rings. The van der Waals surface area contributed by atoms with Crippen molar-refractivity contribution < 1.29 is 19.2 Å². The summed E-state index contributed by atoms with van der Waals surface area (Å²) in [5, 5.41) is 5.42. The van der Waals surface area contributed by atoms with Gasteiger partial charge in [0, 0.05) is 20.5 Å². The number of para-hydroxylation sites is 2. The van der Waals surface area contributed by atoms with Gasteiger partial charge in [0.25, 0.3) is 11.8 Å². The van der Waals surface area contributed by atoms with Crippen molar-refractivity contribution in [2.24, 2.45) is 11.8 Å². The minimum atomic E-state index is -1.36. The van der Waals surface area contributed by atoms with Crippen molar-refractivity contribution in [1.82, 2.24) is 10.6 Å². The van der Waals surface area contributed by atoms with E-state index in [1.807, 2.05) is 13.8 Å². The number of hydrogen-bond donors (Lipinski definition) is 2. The van der Waals surface area contributed by atoms with Crippen LogP contribution in [0.25, 0.3) is 0 Å². The maximum absolute atomic E-state index is 13.0. The molecule has 2 N–H and O–H groups in total. The molecular formula is C23H32N4O4. The van der Waals surface area contributed by atoms with E-state index in [2.05, 4.69) is 10.6 Å². The van der Waals surface area contributed by atoms with Crippen LogP contribution in [0.2, 0.25) is 0 Å². The van der Waals surface area contributed by atoms with Crippen molar-refractivity contribution >= 4 is 35.0 Å². The SMILES string of the molecule is CC(C)[C@H](NC(=O)CC1CCCC1)C(=O)NC1C(=O)N(C)c2ccccc2N(C)C1=O. The fraction of sp³-hybridized carbons (Fsp3) is 0.565. The zero-order valence-corrected chi connectivity index (χ0v) is 18.7. The summed E-state index contributed by atoms with van der Waals surface area (Å²) in [5.41, 5.74) is 1.18. The van der Waals surface area contributed by atoms with Crippen molar-refractivity contribution in [2.75, 3.05) is 23.9 Å². The smallest absolute Gasteiger partial charge is 0.259 e. The Morgan fingerprint density at radius 1 is 1.00 bits per heavy atom. The van der Waals surface area contributed by atoms with E-state index in [1.165, 1.54) is 9.80 Å². The predicted octanol–water partition coefficient (Wildman–Crippen LogP) is 1.83. The van der Waals surface area contributed by atoms with Gasteiger partial charge in [-0.15, -0.1) is 0 Å². The number of nitrogens with one attached hydrogen (secondary N) is 2. The fourth-order valence-electron chi connectivity index (χ4n) is 4.36. The average Bonchev–Trinajstić information content (AvgIpc) is 3.24. The number of carbonyl (C=O) groups is 4. The second kappa shape index (κ2) is 9.49. The molecule has 1 aromatic carbocycles. The number of anilines is 2. The fourth-order valence-corrected chi connectivity index (χ4v) is 4.36. The molecule has 0 saturated heterocycles. The Morgan fingerprint density at radius 3 is 2.00 bits per heavy atom. The van der Waals surface area contributed by atoms with Gasteiger partial charge in [-0.2, -0.15) is 0 Å². The summed E-state index contributed by atoms with van der Waals surface area (Å²) in [6, 6.07) is 4.89. The number of likely N-dealkylation sites (N-methyl/N-ethyl adjacent to an activating group) is 2. The number of carbonyl (C=O) groups excluding carboxylic acids is 4. The molecule has 1 aliphatic heterocycles. The lowest BCUT2D eigenvalue weighted by atomic mass is 10.00. The summed E-state index contributed by atoms with van der Waals surface area (Å²) in [6.07, 6.45) is 4.76. The summed E-state index contributed by atoms with van der Waals surface area (Å²) in [4.78, 5) is 54.4. The molecule has 3 rings (SSSR count). The molecule has 1 atom stereocenters.